The third-order valence-corrected chi connectivity index (χ3v) is 4.44. The summed E-state index contributed by atoms with van der Waals surface area (Å²) in [5.41, 5.74) is 1.56. The monoisotopic (exact) mass is 368 g/mol. The van der Waals surface area contributed by atoms with Crippen LogP contribution in [0.2, 0.25) is 0 Å². The Morgan fingerprint density at radius 1 is 1.19 bits per heavy atom. The van der Waals surface area contributed by atoms with Crippen molar-refractivity contribution in [2.75, 3.05) is 5.32 Å². The number of nitrogens with two attached hydrogens (primary N) is 1. The Balaban J connectivity index is 2.37. The van der Waals surface area contributed by atoms with Crippen LogP contribution in [0.1, 0.15) is 15.9 Å². The van der Waals surface area contributed by atoms with Crippen molar-refractivity contribution < 1.29 is 13.2 Å². The van der Waals surface area contributed by atoms with Crippen LogP contribution in [0.4, 0.5) is 5.69 Å². The van der Waals surface area contributed by atoms with Crippen molar-refractivity contribution in [1.29, 1.82) is 0 Å². The fourth-order valence-corrected chi connectivity index (χ4v) is 3.18. The molecule has 2 rings (SSSR count). The van der Waals surface area contributed by atoms with Gasteiger partial charge in [0.1, 0.15) is 4.90 Å². The highest BCUT2D eigenvalue weighted by Crippen LogP contribution is 2.23. The lowest BCUT2D eigenvalue weighted by Crippen LogP contribution is -2.18. The number of amides is 1. The van der Waals surface area contributed by atoms with Crippen LogP contribution in [0.15, 0.2) is 51.8 Å². The SMILES string of the molecule is Cc1ccc(C(=O)Nc2ccccc2S(N)(=O)=O)c(Br)c1. The number of para-hydroxylation sites is 1. The van der Waals surface area contributed by atoms with E-state index < -0.39 is 15.9 Å². The third kappa shape index (κ3) is 3.69. The summed E-state index contributed by atoms with van der Waals surface area (Å²) in [5.74, 6) is -0.419. The summed E-state index contributed by atoms with van der Waals surface area (Å²) >= 11 is 3.32. The zero-order chi connectivity index (χ0) is 15.6. The zero-order valence-electron chi connectivity index (χ0n) is 11.1. The number of sulfonamides is 1. The molecule has 0 aliphatic carbocycles. The molecular formula is C14H13BrN2O3S. The second-order valence-electron chi connectivity index (χ2n) is 4.48. The Bertz CT molecular complexity index is 804. The molecule has 7 heteroatoms. The van der Waals surface area contributed by atoms with E-state index in [1.54, 1.807) is 24.3 Å². The van der Waals surface area contributed by atoms with Crippen LogP contribution in [0.5, 0.6) is 0 Å². The van der Waals surface area contributed by atoms with Crippen molar-refractivity contribution >= 4 is 37.5 Å². The van der Waals surface area contributed by atoms with E-state index in [1.807, 2.05) is 6.92 Å². The van der Waals surface area contributed by atoms with Gasteiger partial charge < -0.3 is 5.32 Å². The highest BCUT2D eigenvalue weighted by molar-refractivity contribution is 9.10. The van der Waals surface area contributed by atoms with E-state index in [4.69, 9.17) is 5.14 Å². The van der Waals surface area contributed by atoms with Gasteiger partial charge in [-0.2, -0.15) is 0 Å². The van der Waals surface area contributed by atoms with Gasteiger partial charge in [0.05, 0.1) is 11.3 Å². The summed E-state index contributed by atoms with van der Waals surface area (Å²) in [4.78, 5) is 12.1. The molecule has 0 atom stereocenters. The number of carbonyl (C=O) groups is 1. The van der Waals surface area contributed by atoms with Crippen LogP contribution in [0.3, 0.4) is 0 Å². The molecule has 2 aromatic rings. The molecule has 0 spiro atoms. The Labute approximate surface area is 131 Å². The fourth-order valence-electron chi connectivity index (χ4n) is 1.81. The molecule has 110 valence electrons. The maximum atomic E-state index is 12.2. The predicted molar refractivity (Wildman–Crippen MR) is 84.6 cm³/mol. The molecule has 0 aromatic heterocycles. The van der Waals surface area contributed by atoms with Crippen molar-refractivity contribution in [3.05, 3.63) is 58.1 Å². The Morgan fingerprint density at radius 3 is 2.48 bits per heavy atom. The van der Waals surface area contributed by atoms with Crippen molar-refractivity contribution in [1.82, 2.24) is 0 Å². The van der Waals surface area contributed by atoms with Gasteiger partial charge in [-0.3, -0.25) is 4.79 Å². The van der Waals surface area contributed by atoms with Crippen LogP contribution in [0, 0.1) is 6.92 Å². The van der Waals surface area contributed by atoms with E-state index in [2.05, 4.69) is 21.2 Å². The summed E-state index contributed by atoms with van der Waals surface area (Å²) in [6.45, 7) is 1.91. The van der Waals surface area contributed by atoms with E-state index >= 15 is 0 Å². The topological polar surface area (TPSA) is 89.3 Å². The minimum absolute atomic E-state index is 0.124. The molecule has 0 unspecified atom stereocenters. The number of hydrogen-bond donors (Lipinski definition) is 2. The lowest BCUT2D eigenvalue weighted by atomic mass is 10.1. The van der Waals surface area contributed by atoms with Crippen molar-refractivity contribution in [3.8, 4) is 0 Å². The number of halogens is 1. The predicted octanol–water partition coefficient (Wildman–Crippen LogP) is 2.66. The summed E-state index contributed by atoms with van der Waals surface area (Å²) in [5, 5.41) is 7.70. The van der Waals surface area contributed by atoms with E-state index in [9.17, 15) is 13.2 Å². The van der Waals surface area contributed by atoms with Gasteiger partial charge in [0.15, 0.2) is 0 Å². The van der Waals surface area contributed by atoms with Crippen LogP contribution in [-0.4, -0.2) is 14.3 Å². The summed E-state index contributed by atoms with van der Waals surface area (Å²) in [6, 6.07) is 11.3. The zero-order valence-corrected chi connectivity index (χ0v) is 13.5. The van der Waals surface area contributed by atoms with E-state index in [-0.39, 0.29) is 10.6 Å². The second kappa shape index (κ2) is 5.97. The van der Waals surface area contributed by atoms with Crippen molar-refractivity contribution in [2.45, 2.75) is 11.8 Å². The molecule has 0 saturated heterocycles. The van der Waals surface area contributed by atoms with Gasteiger partial charge in [-0.25, -0.2) is 13.6 Å². The molecule has 0 aliphatic rings. The first-order valence-corrected chi connectivity index (χ1v) is 8.32. The van der Waals surface area contributed by atoms with Crippen LogP contribution >= 0.6 is 15.9 Å². The number of carbonyl (C=O) groups excluding carboxylic acids is 1. The third-order valence-electron chi connectivity index (χ3n) is 2.81. The van der Waals surface area contributed by atoms with Gasteiger partial charge in [0, 0.05) is 4.47 Å². The first kappa shape index (κ1) is 15.7. The maximum Gasteiger partial charge on any atom is 0.256 e. The molecule has 0 fully saturated rings. The summed E-state index contributed by atoms with van der Waals surface area (Å²) in [7, 11) is -3.90. The van der Waals surface area contributed by atoms with E-state index in [0.717, 1.165) is 5.56 Å². The smallest absolute Gasteiger partial charge is 0.256 e. The molecule has 0 heterocycles. The van der Waals surface area contributed by atoms with Crippen LogP contribution < -0.4 is 10.5 Å². The Kier molecular flexibility index (Phi) is 4.46. The number of anilines is 1. The quantitative estimate of drug-likeness (QED) is 0.872. The number of hydrogen-bond acceptors (Lipinski definition) is 3. The number of aryl methyl sites for hydroxylation is 1. The number of primary sulfonamides is 1. The molecular weight excluding hydrogens is 356 g/mol. The lowest BCUT2D eigenvalue weighted by molar-refractivity contribution is 0.102. The molecule has 0 saturated carbocycles. The molecule has 21 heavy (non-hydrogen) atoms. The minimum Gasteiger partial charge on any atom is -0.321 e. The molecule has 0 aliphatic heterocycles. The van der Waals surface area contributed by atoms with E-state index in [1.165, 1.54) is 18.2 Å². The largest absolute Gasteiger partial charge is 0.321 e. The normalized spacial score (nSPS) is 11.2. The standard InChI is InChI=1S/C14H13BrN2O3S/c1-9-6-7-10(11(15)8-9)14(18)17-12-4-2-3-5-13(12)21(16,19)20/h2-8H,1H3,(H,17,18)(H2,16,19,20). The number of nitrogens with one attached hydrogen (secondary N) is 1. The van der Waals surface area contributed by atoms with Crippen molar-refractivity contribution in [2.24, 2.45) is 5.14 Å². The van der Waals surface area contributed by atoms with Gasteiger partial charge in [-0.15, -0.1) is 0 Å². The van der Waals surface area contributed by atoms with Gasteiger partial charge in [0.2, 0.25) is 10.0 Å². The Hall–Kier alpha value is -1.70. The maximum absolute atomic E-state index is 12.2. The van der Waals surface area contributed by atoms with Gasteiger partial charge in [-0.05, 0) is 52.7 Å². The van der Waals surface area contributed by atoms with Crippen molar-refractivity contribution in [3.63, 3.8) is 0 Å². The highest BCUT2D eigenvalue weighted by Gasteiger charge is 2.17. The first-order chi connectivity index (χ1) is 9.79. The fraction of sp³-hybridized carbons (Fsp3) is 0.0714. The van der Waals surface area contributed by atoms with Gasteiger partial charge in [0.25, 0.3) is 5.91 Å². The molecule has 0 bridgehead atoms. The minimum atomic E-state index is -3.90. The van der Waals surface area contributed by atoms with Gasteiger partial charge >= 0.3 is 0 Å². The average molecular weight is 369 g/mol. The molecule has 2 aromatic carbocycles. The average Bonchev–Trinajstić information content (AvgIpc) is 2.37. The number of rotatable bonds is 3. The number of benzene rings is 2. The summed E-state index contributed by atoms with van der Waals surface area (Å²) < 4.78 is 23.6. The molecule has 1 amide bonds. The van der Waals surface area contributed by atoms with Crippen LogP contribution in [-0.2, 0) is 10.0 Å². The van der Waals surface area contributed by atoms with Gasteiger partial charge in [-0.1, -0.05) is 18.2 Å². The summed E-state index contributed by atoms with van der Waals surface area (Å²) in [6.07, 6.45) is 0. The first-order valence-electron chi connectivity index (χ1n) is 5.98. The molecule has 3 N–H and O–H groups in total. The lowest BCUT2D eigenvalue weighted by Gasteiger charge is -2.10. The van der Waals surface area contributed by atoms with E-state index in [0.29, 0.717) is 10.0 Å². The van der Waals surface area contributed by atoms with Crippen LogP contribution in [0.25, 0.3) is 0 Å². The molecule has 5 nitrogen and oxygen atoms in total. The molecule has 0 radical (unpaired) electrons. The Morgan fingerprint density at radius 2 is 1.86 bits per heavy atom. The second-order valence-corrected chi connectivity index (χ2v) is 6.86. The highest BCUT2D eigenvalue weighted by atomic mass is 79.9.